The molecule has 1 fully saturated rings. The van der Waals surface area contributed by atoms with Crippen molar-refractivity contribution in [2.24, 2.45) is 5.92 Å². The Morgan fingerprint density at radius 3 is 3.00 bits per heavy atom. The van der Waals surface area contributed by atoms with Crippen LogP contribution in [0.3, 0.4) is 0 Å². The second-order valence-corrected chi connectivity index (χ2v) is 5.46. The molecule has 1 heterocycles. The molecule has 3 rings (SSSR count). The van der Waals surface area contributed by atoms with Gasteiger partial charge in [0.2, 0.25) is 0 Å². The maximum atomic E-state index is 9.83. The van der Waals surface area contributed by atoms with Gasteiger partial charge < -0.3 is 10.4 Å². The quantitative estimate of drug-likeness (QED) is 0.906. The molecule has 100 valence electrons. The number of aliphatic hydroxyl groups is 1. The number of nitrogens with one attached hydrogen (secondary N) is 1. The van der Waals surface area contributed by atoms with Gasteiger partial charge in [-0.05, 0) is 31.0 Å². The van der Waals surface area contributed by atoms with E-state index in [0.717, 1.165) is 42.5 Å². The van der Waals surface area contributed by atoms with Crippen molar-refractivity contribution in [1.29, 1.82) is 0 Å². The van der Waals surface area contributed by atoms with Gasteiger partial charge in [0.25, 0.3) is 0 Å². The minimum atomic E-state index is -0.185. The van der Waals surface area contributed by atoms with Gasteiger partial charge in [-0.3, -0.25) is 0 Å². The Labute approximate surface area is 116 Å². The fourth-order valence-corrected chi connectivity index (χ4v) is 2.82. The summed E-state index contributed by atoms with van der Waals surface area (Å²) in [5.74, 6) is 1.12. The Morgan fingerprint density at radius 1 is 1.32 bits per heavy atom. The molecule has 2 aromatic rings. The van der Waals surface area contributed by atoms with Crippen molar-refractivity contribution < 1.29 is 5.11 Å². The Morgan fingerprint density at radius 2 is 2.21 bits per heavy atom. The first kappa shape index (κ1) is 12.6. The Bertz CT molecular complexity index is 590. The first-order chi connectivity index (χ1) is 9.24. The SMILES string of the molecule is OC1CCCC1CNc1ncnc2cc(Cl)ccc12. The van der Waals surface area contributed by atoms with Crippen LogP contribution in [0.15, 0.2) is 24.5 Å². The van der Waals surface area contributed by atoms with Gasteiger partial charge in [0.1, 0.15) is 12.1 Å². The lowest BCUT2D eigenvalue weighted by atomic mass is 10.1. The Kier molecular flexibility index (Phi) is 3.53. The molecule has 0 amide bonds. The van der Waals surface area contributed by atoms with E-state index in [-0.39, 0.29) is 6.10 Å². The number of fused-ring (bicyclic) bond motifs is 1. The molecule has 0 radical (unpaired) electrons. The fourth-order valence-electron chi connectivity index (χ4n) is 2.65. The smallest absolute Gasteiger partial charge is 0.137 e. The van der Waals surface area contributed by atoms with E-state index >= 15 is 0 Å². The third-order valence-electron chi connectivity index (χ3n) is 3.75. The first-order valence-corrected chi connectivity index (χ1v) is 6.94. The van der Waals surface area contributed by atoms with Gasteiger partial charge in [-0.25, -0.2) is 9.97 Å². The van der Waals surface area contributed by atoms with Gasteiger partial charge >= 0.3 is 0 Å². The molecule has 2 N–H and O–H groups in total. The zero-order valence-corrected chi connectivity index (χ0v) is 11.3. The topological polar surface area (TPSA) is 58.0 Å². The van der Waals surface area contributed by atoms with Crippen LogP contribution in [0.2, 0.25) is 5.02 Å². The van der Waals surface area contributed by atoms with Crippen LogP contribution < -0.4 is 5.32 Å². The summed E-state index contributed by atoms with van der Waals surface area (Å²) in [5.41, 5.74) is 0.831. The van der Waals surface area contributed by atoms with E-state index in [0.29, 0.717) is 10.9 Å². The highest BCUT2D eigenvalue weighted by Crippen LogP contribution is 2.27. The molecule has 1 aromatic carbocycles. The Hall–Kier alpha value is -1.39. The van der Waals surface area contributed by atoms with Crippen molar-refractivity contribution in [3.63, 3.8) is 0 Å². The lowest BCUT2D eigenvalue weighted by Crippen LogP contribution is -2.22. The summed E-state index contributed by atoms with van der Waals surface area (Å²) in [6.45, 7) is 0.746. The highest BCUT2D eigenvalue weighted by atomic mass is 35.5. The summed E-state index contributed by atoms with van der Waals surface area (Å²) in [6.07, 6.45) is 4.44. The summed E-state index contributed by atoms with van der Waals surface area (Å²) in [6, 6.07) is 5.59. The number of rotatable bonds is 3. The second kappa shape index (κ2) is 5.31. The van der Waals surface area contributed by atoms with Crippen molar-refractivity contribution >= 4 is 28.3 Å². The second-order valence-electron chi connectivity index (χ2n) is 5.02. The van der Waals surface area contributed by atoms with E-state index < -0.39 is 0 Å². The van der Waals surface area contributed by atoms with Crippen LogP contribution in [0.25, 0.3) is 10.9 Å². The molecule has 1 aliphatic rings. The number of nitrogens with zero attached hydrogens (tertiary/aromatic N) is 2. The van der Waals surface area contributed by atoms with Gasteiger partial charge in [-0.2, -0.15) is 0 Å². The minimum Gasteiger partial charge on any atom is -0.393 e. The summed E-state index contributed by atoms with van der Waals surface area (Å²) in [7, 11) is 0. The molecule has 4 nitrogen and oxygen atoms in total. The molecule has 1 aromatic heterocycles. The van der Waals surface area contributed by atoms with Crippen LogP contribution in [0.5, 0.6) is 0 Å². The molecule has 0 spiro atoms. The van der Waals surface area contributed by atoms with E-state index in [1.54, 1.807) is 0 Å². The molecule has 0 saturated heterocycles. The summed E-state index contributed by atoms with van der Waals surface area (Å²) >= 11 is 5.96. The normalized spacial score (nSPS) is 22.8. The average Bonchev–Trinajstić information content (AvgIpc) is 2.81. The predicted octanol–water partition coefficient (Wildman–Crippen LogP) is 2.86. The predicted molar refractivity (Wildman–Crippen MR) is 76.4 cm³/mol. The van der Waals surface area contributed by atoms with Gasteiger partial charge in [0, 0.05) is 22.9 Å². The van der Waals surface area contributed by atoms with Gasteiger partial charge in [-0.15, -0.1) is 0 Å². The highest BCUT2D eigenvalue weighted by molar-refractivity contribution is 6.31. The highest BCUT2D eigenvalue weighted by Gasteiger charge is 2.24. The molecular weight excluding hydrogens is 262 g/mol. The minimum absolute atomic E-state index is 0.185. The summed E-state index contributed by atoms with van der Waals surface area (Å²) < 4.78 is 0. The lowest BCUT2D eigenvalue weighted by molar-refractivity contribution is 0.138. The molecule has 2 atom stereocenters. The maximum absolute atomic E-state index is 9.83. The standard InChI is InChI=1S/C14H16ClN3O/c15-10-4-5-11-12(6-10)17-8-18-14(11)16-7-9-2-1-3-13(9)19/h4-6,8-9,13,19H,1-3,7H2,(H,16,17,18). The van der Waals surface area contributed by atoms with Crippen LogP contribution >= 0.6 is 11.6 Å². The number of aliphatic hydroxyl groups excluding tert-OH is 1. The molecular formula is C14H16ClN3O. The van der Waals surface area contributed by atoms with E-state index in [2.05, 4.69) is 15.3 Å². The van der Waals surface area contributed by atoms with Crippen LogP contribution in [-0.4, -0.2) is 27.7 Å². The van der Waals surface area contributed by atoms with Gasteiger partial charge in [0.05, 0.1) is 11.6 Å². The van der Waals surface area contributed by atoms with Crippen LogP contribution in [0.4, 0.5) is 5.82 Å². The van der Waals surface area contributed by atoms with Crippen molar-refractivity contribution in [2.75, 3.05) is 11.9 Å². The third kappa shape index (κ3) is 2.65. The number of aromatic nitrogens is 2. The van der Waals surface area contributed by atoms with E-state index in [1.165, 1.54) is 6.33 Å². The van der Waals surface area contributed by atoms with Crippen molar-refractivity contribution in [2.45, 2.75) is 25.4 Å². The Balaban J connectivity index is 1.81. The summed E-state index contributed by atoms with van der Waals surface area (Å²) in [4.78, 5) is 8.49. The molecule has 1 aliphatic carbocycles. The van der Waals surface area contributed by atoms with E-state index in [4.69, 9.17) is 11.6 Å². The molecule has 2 unspecified atom stereocenters. The van der Waals surface area contributed by atoms with Crippen LogP contribution in [0.1, 0.15) is 19.3 Å². The molecule has 5 heteroatoms. The van der Waals surface area contributed by atoms with Crippen molar-refractivity contribution in [3.8, 4) is 0 Å². The number of anilines is 1. The van der Waals surface area contributed by atoms with Crippen LogP contribution in [0, 0.1) is 5.92 Å². The lowest BCUT2D eigenvalue weighted by Gasteiger charge is -2.16. The molecule has 0 aliphatic heterocycles. The summed E-state index contributed by atoms with van der Waals surface area (Å²) in [5, 5.41) is 14.8. The number of halogens is 1. The zero-order valence-electron chi connectivity index (χ0n) is 10.5. The monoisotopic (exact) mass is 277 g/mol. The molecule has 0 bridgehead atoms. The maximum Gasteiger partial charge on any atom is 0.137 e. The van der Waals surface area contributed by atoms with Crippen molar-refractivity contribution in [3.05, 3.63) is 29.5 Å². The number of hydrogen-bond acceptors (Lipinski definition) is 4. The van der Waals surface area contributed by atoms with E-state index in [9.17, 15) is 5.11 Å². The number of hydrogen-bond donors (Lipinski definition) is 2. The zero-order chi connectivity index (χ0) is 13.2. The van der Waals surface area contributed by atoms with Gasteiger partial charge in [0.15, 0.2) is 0 Å². The number of benzene rings is 1. The molecule has 1 saturated carbocycles. The van der Waals surface area contributed by atoms with E-state index in [1.807, 2.05) is 18.2 Å². The first-order valence-electron chi connectivity index (χ1n) is 6.56. The van der Waals surface area contributed by atoms with Gasteiger partial charge in [-0.1, -0.05) is 18.0 Å². The molecule has 19 heavy (non-hydrogen) atoms. The van der Waals surface area contributed by atoms with Crippen molar-refractivity contribution in [1.82, 2.24) is 9.97 Å². The fraction of sp³-hybridized carbons (Fsp3) is 0.429. The largest absolute Gasteiger partial charge is 0.393 e. The third-order valence-corrected chi connectivity index (χ3v) is 3.98. The average molecular weight is 278 g/mol. The van der Waals surface area contributed by atoms with Crippen LogP contribution in [-0.2, 0) is 0 Å².